The van der Waals surface area contributed by atoms with Crippen LogP contribution in [0.4, 0.5) is 4.39 Å². The van der Waals surface area contributed by atoms with Gasteiger partial charge in [0.25, 0.3) is 0 Å². The van der Waals surface area contributed by atoms with E-state index in [1.165, 1.54) is 12.1 Å². The van der Waals surface area contributed by atoms with Gasteiger partial charge in [-0.3, -0.25) is 0 Å². The summed E-state index contributed by atoms with van der Waals surface area (Å²) >= 11 is 0. The number of oxime groups is 1. The molecule has 0 aliphatic carbocycles. The number of benzene rings is 5. The number of aliphatic hydroxyl groups excluding tert-OH is 1. The number of nitrogens with zero attached hydrogens (tertiary/aromatic N) is 2. The maximum atomic E-state index is 13.8. The molecule has 5 nitrogen and oxygen atoms in total. The average molecular weight is 603 g/mol. The Labute approximate surface area is 264 Å². The van der Waals surface area contributed by atoms with Crippen LogP contribution in [0.15, 0.2) is 139 Å². The number of aliphatic hydroxyl groups is 2. The van der Waals surface area contributed by atoms with Crippen molar-refractivity contribution in [2.75, 3.05) is 20.6 Å². The van der Waals surface area contributed by atoms with Crippen LogP contribution in [0.5, 0.6) is 0 Å². The van der Waals surface area contributed by atoms with Gasteiger partial charge in [-0.25, -0.2) is 4.39 Å². The van der Waals surface area contributed by atoms with Crippen LogP contribution in [0.2, 0.25) is 0 Å². The van der Waals surface area contributed by atoms with Crippen molar-refractivity contribution in [2.45, 2.75) is 30.7 Å². The number of hydrogen-bond acceptors (Lipinski definition) is 5. The molecule has 45 heavy (non-hydrogen) atoms. The van der Waals surface area contributed by atoms with E-state index in [2.05, 4.69) is 10.1 Å². The van der Waals surface area contributed by atoms with Gasteiger partial charge in [0.2, 0.25) is 5.60 Å². The van der Waals surface area contributed by atoms with Crippen molar-refractivity contribution in [2.24, 2.45) is 5.16 Å². The summed E-state index contributed by atoms with van der Waals surface area (Å²) in [6.07, 6.45) is 2.72. The Morgan fingerprint density at radius 1 is 0.733 bits per heavy atom. The molecule has 0 aliphatic heterocycles. The molecule has 5 aromatic carbocycles. The molecule has 6 heteroatoms. The molecular formula is C39H39FN2O3. The molecule has 0 aromatic heterocycles. The van der Waals surface area contributed by atoms with Crippen molar-refractivity contribution in [1.82, 2.24) is 4.90 Å². The van der Waals surface area contributed by atoms with Crippen molar-refractivity contribution in [1.29, 1.82) is 0 Å². The Morgan fingerprint density at radius 2 is 1.27 bits per heavy atom. The van der Waals surface area contributed by atoms with Gasteiger partial charge in [-0.2, -0.15) is 0 Å². The van der Waals surface area contributed by atoms with Gasteiger partial charge in [0.1, 0.15) is 11.4 Å². The van der Waals surface area contributed by atoms with E-state index in [1.54, 1.807) is 24.4 Å². The first-order chi connectivity index (χ1) is 21.9. The number of rotatable bonds is 13. The largest absolute Gasteiger partial charge is 0.392 e. The molecule has 1 unspecified atom stereocenters. The van der Waals surface area contributed by atoms with Crippen LogP contribution in [0.1, 0.15) is 51.8 Å². The highest BCUT2D eigenvalue weighted by Crippen LogP contribution is 2.41. The molecule has 5 rings (SSSR count). The molecule has 0 heterocycles. The zero-order chi connectivity index (χ0) is 31.7. The molecule has 0 saturated heterocycles. The smallest absolute Gasteiger partial charge is 0.212 e. The minimum Gasteiger partial charge on any atom is -0.392 e. The molecule has 0 amide bonds. The Bertz CT molecular complexity index is 1580. The van der Waals surface area contributed by atoms with Gasteiger partial charge in [-0.15, -0.1) is 0 Å². The first kappa shape index (κ1) is 31.8. The summed E-state index contributed by atoms with van der Waals surface area (Å²) in [6, 6.07) is 41.3. The van der Waals surface area contributed by atoms with E-state index in [4.69, 9.17) is 4.84 Å². The average Bonchev–Trinajstić information content (AvgIpc) is 3.08. The van der Waals surface area contributed by atoms with E-state index < -0.39 is 11.2 Å². The van der Waals surface area contributed by atoms with Crippen LogP contribution >= 0.6 is 0 Å². The van der Waals surface area contributed by atoms with Crippen LogP contribution in [0.3, 0.4) is 0 Å². The fraction of sp³-hybridized carbons (Fsp3) is 0.205. The molecule has 0 radical (unpaired) electrons. The predicted octanol–water partition coefficient (Wildman–Crippen LogP) is 7.24. The second kappa shape index (κ2) is 14.4. The maximum absolute atomic E-state index is 13.8. The first-order valence-electron chi connectivity index (χ1n) is 15.1. The number of hydrogen-bond donors (Lipinski definition) is 2. The highest BCUT2D eigenvalue weighted by Gasteiger charge is 2.39. The highest BCUT2D eigenvalue weighted by atomic mass is 19.1. The zero-order valence-corrected chi connectivity index (χ0v) is 25.7. The molecule has 2 N–H and O–H groups in total. The zero-order valence-electron chi connectivity index (χ0n) is 25.7. The van der Waals surface area contributed by atoms with E-state index in [9.17, 15) is 14.6 Å². The Morgan fingerprint density at radius 3 is 1.76 bits per heavy atom. The first-order valence-corrected chi connectivity index (χ1v) is 15.1. The lowest BCUT2D eigenvalue weighted by Gasteiger charge is -2.33. The summed E-state index contributed by atoms with van der Waals surface area (Å²) in [6.45, 7) is 0.475. The third-order valence-electron chi connectivity index (χ3n) is 8.14. The van der Waals surface area contributed by atoms with E-state index in [0.29, 0.717) is 35.1 Å². The summed E-state index contributed by atoms with van der Waals surface area (Å²) in [5, 5.41) is 27.1. The molecule has 0 fully saturated rings. The molecular weight excluding hydrogens is 563 g/mol. The molecule has 0 aliphatic rings. The Balaban J connectivity index is 1.53. The third-order valence-corrected chi connectivity index (χ3v) is 8.14. The predicted molar refractivity (Wildman–Crippen MR) is 177 cm³/mol. The summed E-state index contributed by atoms with van der Waals surface area (Å²) in [5.74, 6) is -0.374. The van der Waals surface area contributed by atoms with Crippen molar-refractivity contribution in [3.8, 4) is 0 Å². The van der Waals surface area contributed by atoms with E-state index in [0.717, 1.165) is 23.2 Å². The summed E-state index contributed by atoms with van der Waals surface area (Å²) < 4.78 is 13.8. The van der Waals surface area contributed by atoms with E-state index in [1.807, 2.05) is 117 Å². The van der Waals surface area contributed by atoms with Gasteiger partial charge in [-0.05, 0) is 73.9 Å². The summed E-state index contributed by atoms with van der Waals surface area (Å²) in [5.41, 5.74) is 2.72. The second-order valence-corrected chi connectivity index (χ2v) is 11.5. The van der Waals surface area contributed by atoms with Gasteiger partial charge in [-0.1, -0.05) is 120 Å². The lowest BCUT2D eigenvalue weighted by atomic mass is 9.80. The van der Waals surface area contributed by atoms with Gasteiger partial charge >= 0.3 is 0 Å². The Hall–Kier alpha value is -4.62. The fourth-order valence-corrected chi connectivity index (χ4v) is 5.88. The Kier molecular flexibility index (Phi) is 10.2. The van der Waals surface area contributed by atoms with Gasteiger partial charge in [0, 0.05) is 16.7 Å². The van der Waals surface area contributed by atoms with Gasteiger partial charge in [0.05, 0.1) is 12.8 Å². The van der Waals surface area contributed by atoms with E-state index in [-0.39, 0.29) is 12.4 Å². The normalized spacial score (nSPS) is 13.2. The quantitative estimate of drug-likeness (QED) is 0.0848. The highest BCUT2D eigenvalue weighted by molar-refractivity contribution is 5.80. The maximum Gasteiger partial charge on any atom is 0.212 e. The third kappa shape index (κ3) is 7.04. The minimum atomic E-state index is -1.42. The van der Waals surface area contributed by atoms with Crippen molar-refractivity contribution in [3.63, 3.8) is 0 Å². The van der Waals surface area contributed by atoms with Crippen LogP contribution in [-0.4, -0.2) is 42.0 Å². The van der Waals surface area contributed by atoms with Crippen LogP contribution in [0.25, 0.3) is 0 Å². The van der Waals surface area contributed by atoms with Crippen LogP contribution in [0, 0.1) is 5.82 Å². The molecule has 1 atom stereocenters. The van der Waals surface area contributed by atoms with Gasteiger partial charge in [0.15, 0.2) is 0 Å². The van der Waals surface area contributed by atoms with Crippen molar-refractivity contribution >= 4 is 6.21 Å². The van der Waals surface area contributed by atoms with Crippen LogP contribution in [-0.2, 0) is 22.6 Å². The molecule has 230 valence electrons. The monoisotopic (exact) mass is 602 g/mol. The van der Waals surface area contributed by atoms with Gasteiger partial charge < -0.3 is 20.0 Å². The SMILES string of the molecule is CN(C)CCCC(O)(c1ccc(F)cc1)c1ccc(/C=N\OC(c2ccccc2)(c2ccccc2)c2ccccc2)cc1CO. The van der Waals surface area contributed by atoms with Crippen molar-refractivity contribution in [3.05, 3.63) is 178 Å². The molecule has 0 saturated carbocycles. The molecule has 0 bridgehead atoms. The number of halogens is 1. The lowest BCUT2D eigenvalue weighted by molar-refractivity contribution is 0.0183. The minimum absolute atomic E-state index is 0.295. The molecule has 0 spiro atoms. The standard InChI is InChI=1S/C39H39FN2O3/c1-42(2)26-12-25-38(44,32-20-22-36(40)23-21-32)37-24-19-30(27-31(37)29-43)28-41-45-39(33-13-6-3-7-14-33,34-15-8-4-9-16-34)35-17-10-5-11-18-35/h3-11,13-24,27-28,43-44H,12,25-26,29H2,1-2H3/b41-28-. The summed E-state index contributed by atoms with van der Waals surface area (Å²) in [4.78, 5) is 8.59. The molecule has 5 aromatic rings. The fourth-order valence-electron chi connectivity index (χ4n) is 5.88. The lowest BCUT2D eigenvalue weighted by Crippen LogP contribution is -2.31. The van der Waals surface area contributed by atoms with E-state index >= 15 is 0 Å². The second-order valence-electron chi connectivity index (χ2n) is 11.5. The topological polar surface area (TPSA) is 65.3 Å². The van der Waals surface area contributed by atoms with Crippen LogP contribution < -0.4 is 0 Å². The van der Waals surface area contributed by atoms with Crippen molar-refractivity contribution < 1.29 is 19.4 Å². The summed E-state index contributed by atoms with van der Waals surface area (Å²) in [7, 11) is 3.96.